The van der Waals surface area contributed by atoms with E-state index in [2.05, 4.69) is 33.3 Å². The summed E-state index contributed by atoms with van der Waals surface area (Å²) in [5, 5.41) is 2.09. The third-order valence-electron chi connectivity index (χ3n) is 2.39. The molecule has 17 heavy (non-hydrogen) atoms. The number of rotatable bonds is 5. The fourth-order valence-corrected chi connectivity index (χ4v) is 2.39. The van der Waals surface area contributed by atoms with Gasteiger partial charge in [0.15, 0.2) is 0 Å². The minimum atomic E-state index is 0.647. The molecule has 0 saturated heterocycles. The zero-order valence-corrected chi connectivity index (χ0v) is 10.4. The van der Waals surface area contributed by atoms with Crippen LogP contribution >= 0.6 is 11.3 Å². The smallest absolute Gasteiger partial charge is 0.0606 e. The van der Waals surface area contributed by atoms with E-state index in [-0.39, 0.29) is 0 Å². The van der Waals surface area contributed by atoms with Gasteiger partial charge in [0.05, 0.1) is 12.2 Å². The van der Waals surface area contributed by atoms with Crippen molar-refractivity contribution in [3.8, 4) is 12.3 Å². The second-order valence-electron chi connectivity index (χ2n) is 3.75. The second-order valence-corrected chi connectivity index (χ2v) is 4.78. The van der Waals surface area contributed by atoms with E-state index in [0.717, 1.165) is 18.8 Å². The third kappa shape index (κ3) is 3.70. The average Bonchev–Trinajstić information content (AvgIpc) is 2.83. The molecule has 0 amide bonds. The molecule has 0 N–H and O–H groups in total. The maximum Gasteiger partial charge on any atom is 0.0606 e. The van der Waals surface area contributed by atoms with Crippen LogP contribution in [0.15, 0.2) is 41.9 Å². The van der Waals surface area contributed by atoms with Crippen molar-refractivity contribution >= 4 is 11.3 Å². The van der Waals surface area contributed by atoms with E-state index in [0.29, 0.717) is 6.54 Å². The van der Waals surface area contributed by atoms with Gasteiger partial charge in [0.2, 0.25) is 0 Å². The minimum absolute atomic E-state index is 0.647. The van der Waals surface area contributed by atoms with Crippen molar-refractivity contribution in [1.82, 2.24) is 9.88 Å². The van der Waals surface area contributed by atoms with Gasteiger partial charge in [0, 0.05) is 24.2 Å². The largest absolute Gasteiger partial charge is 0.281 e. The first-order valence-electron chi connectivity index (χ1n) is 5.46. The van der Waals surface area contributed by atoms with Gasteiger partial charge in [-0.25, -0.2) is 0 Å². The predicted octanol–water partition coefficient (Wildman–Crippen LogP) is 2.78. The molecule has 2 nitrogen and oxygen atoms in total. The van der Waals surface area contributed by atoms with Crippen molar-refractivity contribution in [1.29, 1.82) is 0 Å². The zero-order valence-electron chi connectivity index (χ0n) is 9.54. The quantitative estimate of drug-likeness (QED) is 0.749. The molecule has 2 heterocycles. The summed E-state index contributed by atoms with van der Waals surface area (Å²) in [6.07, 6.45) is 7.22. The van der Waals surface area contributed by atoms with Gasteiger partial charge in [0.1, 0.15) is 0 Å². The van der Waals surface area contributed by atoms with Crippen LogP contribution in [0.5, 0.6) is 0 Å². The molecule has 2 rings (SSSR count). The normalized spacial score (nSPS) is 10.4. The molecule has 0 spiro atoms. The molecular weight excluding hydrogens is 228 g/mol. The number of aromatic nitrogens is 1. The molecule has 86 valence electrons. The lowest BCUT2D eigenvalue weighted by atomic mass is 10.3. The fraction of sp³-hybridized carbons (Fsp3) is 0.214. The minimum Gasteiger partial charge on any atom is -0.281 e. The summed E-state index contributed by atoms with van der Waals surface area (Å²) in [5.74, 6) is 2.70. The summed E-state index contributed by atoms with van der Waals surface area (Å²) in [5.41, 5.74) is 1.05. The van der Waals surface area contributed by atoms with Crippen LogP contribution in [0.25, 0.3) is 0 Å². The monoisotopic (exact) mass is 242 g/mol. The van der Waals surface area contributed by atoms with E-state index >= 15 is 0 Å². The SMILES string of the molecule is C#CCN(Cc1ccccn1)Cc1cccs1. The highest BCUT2D eigenvalue weighted by Gasteiger charge is 2.06. The molecule has 0 aromatic carbocycles. The lowest BCUT2D eigenvalue weighted by Crippen LogP contribution is -2.23. The number of terminal acetylenes is 1. The maximum absolute atomic E-state index is 5.40. The van der Waals surface area contributed by atoms with Gasteiger partial charge in [-0.1, -0.05) is 18.1 Å². The first-order valence-corrected chi connectivity index (χ1v) is 6.34. The zero-order chi connectivity index (χ0) is 11.9. The van der Waals surface area contributed by atoms with Crippen LogP contribution < -0.4 is 0 Å². The lowest BCUT2D eigenvalue weighted by molar-refractivity contribution is 0.289. The fourth-order valence-electron chi connectivity index (χ4n) is 1.64. The number of pyridine rings is 1. The molecule has 3 heteroatoms. The molecule has 2 aromatic heterocycles. The molecule has 0 saturated carbocycles. The summed E-state index contributed by atoms with van der Waals surface area (Å²) in [6.45, 7) is 2.33. The van der Waals surface area contributed by atoms with Crippen molar-refractivity contribution < 1.29 is 0 Å². The van der Waals surface area contributed by atoms with Gasteiger partial charge in [-0.05, 0) is 23.6 Å². The summed E-state index contributed by atoms with van der Waals surface area (Å²) < 4.78 is 0. The van der Waals surface area contributed by atoms with Crippen LogP contribution in [-0.2, 0) is 13.1 Å². The standard InChI is InChI=1S/C14H14N2S/c1-2-9-16(12-14-7-5-10-17-14)11-13-6-3-4-8-15-13/h1,3-8,10H,9,11-12H2. The number of hydrogen-bond acceptors (Lipinski definition) is 3. The van der Waals surface area contributed by atoms with E-state index in [4.69, 9.17) is 6.42 Å². The number of thiophene rings is 1. The summed E-state index contributed by atoms with van der Waals surface area (Å²) in [7, 11) is 0. The number of nitrogens with zero attached hydrogens (tertiary/aromatic N) is 2. The van der Waals surface area contributed by atoms with E-state index in [1.165, 1.54) is 4.88 Å². The molecule has 0 radical (unpaired) electrons. The highest BCUT2D eigenvalue weighted by Crippen LogP contribution is 2.13. The molecule has 0 aliphatic carbocycles. The van der Waals surface area contributed by atoms with Crippen LogP contribution in [0.4, 0.5) is 0 Å². The van der Waals surface area contributed by atoms with Crippen molar-refractivity contribution in [2.75, 3.05) is 6.54 Å². The molecule has 0 atom stereocenters. The predicted molar refractivity (Wildman–Crippen MR) is 71.5 cm³/mol. The summed E-state index contributed by atoms with van der Waals surface area (Å²) in [4.78, 5) is 7.87. The van der Waals surface area contributed by atoms with E-state index in [1.807, 2.05) is 24.4 Å². The van der Waals surface area contributed by atoms with Crippen LogP contribution in [-0.4, -0.2) is 16.4 Å². The third-order valence-corrected chi connectivity index (χ3v) is 3.25. The Labute approximate surface area is 106 Å². The molecule has 0 aliphatic heterocycles. The summed E-state index contributed by atoms with van der Waals surface area (Å²) >= 11 is 1.76. The van der Waals surface area contributed by atoms with Crippen LogP contribution in [0.2, 0.25) is 0 Å². The van der Waals surface area contributed by atoms with Crippen LogP contribution in [0, 0.1) is 12.3 Å². The van der Waals surface area contributed by atoms with E-state index in [9.17, 15) is 0 Å². The van der Waals surface area contributed by atoms with Crippen molar-refractivity contribution in [3.05, 3.63) is 52.5 Å². The molecule has 0 aliphatic rings. The lowest BCUT2D eigenvalue weighted by Gasteiger charge is -2.18. The Morgan fingerprint density at radius 3 is 2.82 bits per heavy atom. The Kier molecular flexibility index (Phi) is 4.31. The molecular formula is C14H14N2S. The Morgan fingerprint density at radius 1 is 1.24 bits per heavy atom. The molecule has 0 fully saturated rings. The van der Waals surface area contributed by atoms with Crippen LogP contribution in [0.1, 0.15) is 10.6 Å². The topological polar surface area (TPSA) is 16.1 Å². The van der Waals surface area contributed by atoms with Gasteiger partial charge in [-0.15, -0.1) is 17.8 Å². The van der Waals surface area contributed by atoms with Gasteiger partial charge in [-0.2, -0.15) is 0 Å². The van der Waals surface area contributed by atoms with Gasteiger partial charge in [0.25, 0.3) is 0 Å². The second kappa shape index (κ2) is 6.19. The molecule has 0 unspecified atom stereocenters. The Morgan fingerprint density at radius 2 is 2.18 bits per heavy atom. The molecule has 2 aromatic rings. The Balaban J connectivity index is 2.00. The number of hydrogen-bond donors (Lipinski definition) is 0. The van der Waals surface area contributed by atoms with Gasteiger partial charge >= 0.3 is 0 Å². The highest BCUT2D eigenvalue weighted by atomic mass is 32.1. The average molecular weight is 242 g/mol. The first-order chi connectivity index (χ1) is 8.38. The first kappa shape index (κ1) is 11.8. The van der Waals surface area contributed by atoms with Gasteiger partial charge in [-0.3, -0.25) is 9.88 Å². The molecule has 0 bridgehead atoms. The van der Waals surface area contributed by atoms with Gasteiger partial charge < -0.3 is 0 Å². The summed E-state index contributed by atoms with van der Waals surface area (Å²) in [6, 6.07) is 10.1. The highest BCUT2D eigenvalue weighted by molar-refractivity contribution is 7.09. The van der Waals surface area contributed by atoms with E-state index < -0.39 is 0 Å². The Bertz CT molecular complexity index is 471. The van der Waals surface area contributed by atoms with Crippen molar-refractivity contribution in [2.45, 2.75) is 13.1 Å². The van der Waals surface area contributed by atoms with Crippen molar-refractivity contribution in [3.63, 3.8) is 0 Å². The Hall–Kier alpha value is -1.63. The van der Waals surface area contributed by atoms with E-state index in [1.54, 1.807) is 11.3 Å². The maximum atomic E-state index is 5.40. The van der Waals surface area contributed by atoms with Crippen molar-refractivity contribution in [2.24, 2.45) is 0 Å². The van der Waals surface area contributed by atoms with Crippen LogP contribution in [0.3, 0.4) is 0 Å².